The van der Waals surface area contributed by atoms with Gasteiger partial charge < -0.3 is 14.9 Å². The van der Waals surface area contributed by atoms with Crippen LogP contribution in [0.25, 0.3) is 0 Å². The first-order valence-electron chi connectivity index (χ1n) is 7.71. The number of rotatable bonds is 6. The Morgan fingerprint density at radius 2 is 1.95 bits per heavy atom. The summed E-state index contributed by atoms with van der Waals surface area (Å²) < 4.78 is 0. The lowest BCUT2D eigenvalue weighted by atomic mass is 9.98. The molecule has 1 fully saturated rings. The molecule has 0 bridgehead atoms. The normalized spacial score (nSPS) is 25.1. The summed E-state index contributed by atoms with van der Waals surface area (Å²) >= 11 is 0. The van der Waals surface area contributed by atoms with Crippen LogP contribution in [0, 0.1) is 0 Å². The van der Waals surface area contributed by atoms with E-state index in [1.165, 1.54) is 0 Å². The largest absolute Gasteiger partial charge is 0.390 e. The summed E-state index contributed by atoms with van der Waals surface area (Å²) in [5, 5.41) is 10.0. The smallest absolute Gasteiger partial charge is 0.222 e. The third-order valence-corrected chi connectivity index (χ3v) is 4.14. The second kappa shape index (κ2) is 7.85. The van der Waals surface area contributed by atoms with E-state index in [9.17, 15) is 9.90 Å². The summed E-state index contributed by atoms with van der Waals surface area (Å²) in [7, 11) is 0. The van der Waals surface area contributed by atoms with Gasteiger partial charge in [0.1, 0.15) is 0 Å². The van der Waals surface area contributed by atoms with Crippen molar-refractivity contribution in [2.24, 2.45) is 0 Å². The molecule has 1 heterocycles. The maximum absolute atomic E-state index is 11.9. The second-order valence-electron chi connectivity index (χ2n) is 5.86. The standard InChI is InChI=1S/C15H30N2O2/c1-4-17(5-2)14(18)8-6-11-16-12-7-9-15(3,19)10-13-16/h19H,4-13H2,1-3H3. The average Bonchev–Trinajstić information content (AvgIpc) is 2.52. The van der Waals surface area contributed by atoms with Gasteiger partial charge in [0.25, 0.3) is 0 Å². The van der Waals surface area contributed by atoms with Crippen LogP contribution >= 0.6 is 0 Å². The van der Waals surface area contributed by atoms with Crippen molar-refractivity contribution in [3.63, 3.8) is 0 Å². The van der Waals surface area contributed by atoms with Gasteiger partial charge in [-0.3, -0.25) is 4.79 Å². The summed E-state index contributed by atoms with van der Waals surface area (Å²) in [6, 6.07) is 0. The van der Waals surface area contributed by atoms with Crippen LogP contribution in [0.1, 0.15) is 52.9 Å². The number of carbonyl (C=O) groups is 1. The Hall–Kier alpha value is -0.610. The topological polar surface area (TPSA) is 43.8 Å². The monoisotopic (exact) mass is 270 g/mol. The van der Waals surface area contributed by atoms with E-state index in [-0.39, 0.29) is 5.91 Å². The maximum Gasteiger partial charge on any atom is 0.222 e. The number of aliphatic hydroxyl groups is 1. The first-order chi connectivity index (χ1) is 8.98. The SMILES string of the molecule is CCN(CC)C(=O)CCCN1CCCC(C)(O)CC1. The lowest BCUT2D eigenvalue weighted by molar-refractivity contribution is -0.131. The van der Waals surface area contributed by atoms with Crippen molar-refractivity contribution >= 4 is 5.91 Å². The second-order valence-corrected chi connectivity index (χ2v) is 5.86. The van der Waals surface area contributed by atoms with Crippen molar-refractivity contribution in [2.45, 2.75) is 58.5 Å². The van der Waals surface area contributed by atoms with E-state index in [1.807, 2.05) is 25.7 Å². The molecule has 1 unspecified atom stereocenters. The molecule has 1 saturated heterocycles. The molecule has 1 aliphatic rings. The Balaban J connectivity index is 2.24. The van der Waals surface area contributed by atoms with Crippen LogP contribution in [0.3, 0.4) is 0 Å². The summed E-state index contributed by atoms with van der Waals surface area (Å²) in [5.41, 5.74) is -0.494. The van der Waals surface area contributed by atoms with E-state index in [2.05, 4.69) is 4.90 Å². The zero-order valence-corrected chi connectivity index (χ0v) is 12.8. The highest BCUT2D eigenvalue weighted by molar-refractivity contribution is 5.76. The number of nitrogens with zero attached hydrogens (tertiary/aromatic N) is 2. The summed E-state index contributed by atoms with van der Waals surface area (Å²) in [5.74, 6) is 0.270. The molecule has 4 nitrogen and oxygen atoms in total. The molecule has 0 aromatic heterocycles. The molecule has 1 atom stereocenters. The first-order valence-corrected chi connectivity index (χ1v) is 7.71. The van der Waals surface area contributed by atoms with E-state index < -0.39 is 5.60 Å². The van der Waals surface area contributed by atoms with Gasteiger partial charge in [-0.1, -0.05) is 0 Å². The van der Waals surface area contributed by atoms with Gasteiger partial charge >= 0.3 is 0 Å². The molecular weight excluding hydrogens is 240 g/mol. The van der Waals surface area contributed by atoms with E-state index in [0.717, 1.165) is 58.4 Å². The van der Waals surface area contributed by atoms with Crippen molar-refractivity contribution in [1.29, 1.82) is 0 Å². The number of hydrogen-bond donors (Lipinski definition) is 1. The fourth-order valence-electron chi connectivity index (χ4n) is 2.73. The zero-order chi connectivity index (χ0) is 14.3. The highest BCUT2D eigenvalue weighted by atomic mass is 16.3. The van der Waals surface area contributed by atoms with Crippen molar-refractivity contribution in [2.75, 3.05) is 32.7 Å². The van der Waals surface area contributed by atoms with Crippen molar-refractivity contribution < 1.29 is 9.90 Å². The third-order valence-electron chi connectivity index (χ3n) is 4.14. The third kappa shape index (κ3) is 5.91. The Kier molecular flexibility index (Phi) is 6.80. The molecule has 19 heavy (non-hydrogen) atoms. The van der Waals surface area contributed by atoms with Gasteiger partial charge in [-0.15, -0.1) is 0 Å². The number of amides is 1. The van der Waals surface area contributed by atoms with Crippen molar-refractivity contribution in [1.82, 2.24) is 9.80 Å². The van der Waals surface area contributed by atoms with Gasteiger partial charge in [0.05, 0.1) is 5.60 Å². The molecule has 0 radical (unpaired) electrons. The predicted molar refractivity (Wildman–Crippen MR) is 78.1 cm³/mol. The highest BCUT2D eigenvalue weighted by Gasteiger charge is 2.24. The van der Waals surface area contributed by atoms with Crippen LogP contribution in [0.15, 0.2) is 0 Å². The number of carbonyl (C=O) groups excluding carboxylic acids is 1. The van der Waals surface area contributed by atoms with E-state index in [4.69, 9.17) is 0 Å². The molecule has 4 heteroatoms. The van der Waals surface area contributed by atoms with E-state index in [0.29, 0.717) is 6.42 Å². The minimum atomic E-state index is -0.494. The predicted octanol–water partition coefficient (Wildman–Crippen LogP) is 1.87. The summed E-state index contributed by atoms with van der Waals surface area (Å²) in [4.78, 5) is 16.2. The van der Waals surface area contributed by atoms with Gasteiger partial charge in [-0.05, 0) is 59.5 Å². The van der Waals surface area contributed by atoms with Gasteiger partial charge in [0.2, 0.25) is 5.91 Å². The summed E-state index contributed by atoms with van der Waals surface area (Å²) in [6.07, 6.45) is 4.36. The molecule has 1 rings (SSSR count). The Morgan fingerprint density at radius 3 is 2.58 bits per heavy atom. The molecule has 1 amide bonds. The quantitative estimate of drug-likeness (QED) is 0.801. The zero-order valence-electron chi connectivity index (χ0n) is 12.8. The van der Waals surface area contributed by atoms with E-state index in [1.54, 1.807) is 0 Å². The molecule has 0 aromatic rings. The molecule has 0 spiro atoms. The van der Waals surface area contributed by atoms with Gasteiger partial charge in [0, 0.05) is 26.1 Å². The fourth-order valence-corrected chi connectivity index (χ4v) is 2.73. The van der Waals surface area contributed by atoms with Gasteiger partial charge in [0.15, 0.2) is 0 Å². The molecule has 0 aliphatic carbocycles. The number of likely N-dealkylation sites (tertiary alicyclic amines) is 1. The average molecular weight is 270 g/mol. The van der Waals surface area contributed by atoms with Crippen LogP contribution in [0.5, 0.6) is 0 Å². The highest BCUT2D eigenvalue weighted by Crippen LogP contribution is 2.21. The molecule has 1 aliphatic heterocycles. The van der Waals surface area contributed by atoms with Crippen molar-refractivity contribution in [3.8, 4) is 0 Å². The Bertz CT molecular complexity index is 275. The fraction of sp³-hybridized carbons (Fsp3) is 0.933. The Morgan fingerprint density at radius 1 is 1.26 bits per heavy atom. The summed E-state index contributed by atoms with van der Waals surface area (Å²) in [6.45, 7) is 10.6. The lowest BCUT2D eigenvalue weighted by Gasteiger charge is -2.23. The van der Waals surface area contributed by atoms with Gasteiger partial charge in [-0.2, -0.15) is 0 Å². The van der Waals surface area contributed by atoms with Gasteiger partial charge in [-0.25, -0.2) is 0 Å². The van der Waals surface area contributed by atoms with Crippen LogP contribution in [-0.4, -0.2) is 59.1 Å². The van der Waals surface area contributed by atoms with Crippen LogP contribution < -0.4 is 0 Å². The van der Waals surface area contributed by atoms with Crippen LogP contribution in [0.2, 0.25) is 0 Å². The maximum atomic E-state index is 11.9. The van der Waals surface area contributed by atoms with Crippen molar-refractivity contribution in [3.05, 3.63) is 0 Å². The first kappa shape index (κ1) is 16.4. The molecule has 112 valence electrons. The Labute approximate surface area is 117 Å². The van der Waals surface area contributed by atoms with Crippen LogP contribution in [0.4, 0.5) is 0 Å². The van der Waals surface area contributed by atoms with Crippen LogP contribution in [-0.2, 0) is 4.79 Å². The number of hydrogen-bond acceptors (Lipinski definition) is 3. The minimum absolute atomic E-state index is 0.270. The lowest BCUT2D eigenvalue weighted by Crippen LogP contribution is -2.32. The minimum Gasteiger partial charge on any atom is -0.390 e. The van der Waals surface area contributed by atoms with E-state index >= 15 is 0 Å². The molecule has 0 saturated carbocycles. The molecular formula is C15H30N2O2. The molecule has 1 N–H and O–H groups in total. The molecule has 0 aromatic carbocycles.